The van der Waals surface area contributed by atoms with Crippen molar-refractivity contribution < 1.29 is 8.85 Å². The van der Waals surface area contributed by atoms with E-state index < -0.39 is 12.5 Å². The Kier molecular flexibility index (Phi) is 2.42. The molecule has 1 rings (SSSR count). The molecule has 0 radical (unpaired) electrons. The van der Waals surface area contributed by atoms with Crippen LogP contribution in [0.1, 0.15) is 23.8 Å². The molecule has 0 aromatic carbocycles. The molecule has 0 bridgehead atoms. The van der Waals surface area contributed by atoms with Gasteiger partial charge in [0.1, 0.15) is 0 Å². The fourth-order valence-corrected chi connectivity index (χ4v) is 1.03. The molecule has 1 N–H and O–H groups in total. The second kappa shape index (κ2) is 4.16. The van der Waals surface area contributed by atoms with Gasteiger partial charge in [0.2, 0.25) is 0 Å². The smallest absolute Gasteiger partial charge is 0.0674 e. The molecule has 1 saturated heterocycles. The van der Waals surface area contributed by atoms with Gasteiger partial charge in [-0.05, 0) is 32.8 Å². The van der Waals surface area contributed by atoms with Gasteiger partial charge >= 0.3 is 0 Å². The number of ether oxygens (including phenoxy) is 1. The first kappa shape index (κ1) is 5.81. The summed E-state index contributed by atoms with van der Waals surface area (Å²) in [6.45, 7) is -0.539. The molecule has 1 aliphatic heterocycles. The number of piperidine rings is 1. The largest absolute Gasteiger partial charge is 0.378 e. The average Bonchev–Trinajstić information content (AvgIpc) is 2.04. The van der Waals surface area contributed by atoms with Gasteiger partial charge in [0.25, 0.3) is 0 Å². The normalized spacial score (nSPS) is 29.1. The van der Waals surface area contributed by atoms with Crippen molar-refractivity contribution >= 4 is 12.4 Å². The van der Waals surface area contributed by atoms with Crippen LogP contribution in [0.25, 0.3) is 0 Å². The van der Waals surface area contributed by atoms with E-state index in [1.807, 2.05) is 0 Å². The third-order valence-corrected chi connectivity index (χ3v) is 1.80. The van der Waals surface area contributed by atoms with Gasteiger partial charge < -0.3 is 10.1 Å². The fraction of sp³-hybridized carbons (Fsp3) is 1.00. The maximum Gasteiger partial charge on any atom is 0.0674 e. The molecule has 0 saturated carbocycles. The Bertz CT molecular complexity index is 156. The second-order valence-electron chi connectivity index (χ2n) is 2.45. The first-order valence-corrected chi connectivity index (χ1v) is 3.28. The summed E-state index contributed by atoms with van der Waals surface area (Å²) in [5.41, 5.74) is -0.905. The molecule has 0 amide bonds. The minimum absolute atomic E-state index is 0. The SMILES string of the molecule is Cl.[2H]C([2H])([2H])C1(OC)CCNCC1. The van der Waals surface area contributed by atoms with Crippen LogP contribution in [0.15, 0.2) is 0 Å². The molecule has 10 heavy (non-hydrogen) atoms. The molecule has 1 heterocycles. The first-order chi connectivity index (χ1) is 5.52. The minimum Gasteiger partial charge on any atom is -0.378 e. The van der Waals surface area contributed by atoms with E-state index in [1.165, 1.54) is 7.11 Å². The van der Waals surface area contributed by atoms with Crippen molar-refractivity contribution in [2.45, 2.75) is 25.3 Å². The van der Waals surface area contributed by atoms with Crippen LogP contribution in [0.4, 0.5) is 0 Å². The van der Waals surface area contributed by atoms with Crippen molar-refractivity contribution in [3.8, 4) is 0 Å². The lowest BCUT2D eigenvalue weighted by atomic mass is 9.95. The van der Waals surface area contributed by atoms with Crippen molar-refractivity contribution in [3.05, 3.63) is 0 Å². The average molecular weight is 169 g/mol. The number of nitrogens with one attached hydrogen (secondary N) is 1. The third-order valence-electron chi connectivity index (χ3n) is 1.80. The highest BCUT2D eigenvalue weighted by Gasteiger charge is 2.25. The van der Waals surface area contributed by atoms with Gasteiger partial charge in [0.05, 0.1) is 5.60 Å². The maximum atomic E-state index is 7.35. The minimum atomic E-state index is -2.00. The highest BCUT2D eigenvalue weighted by molar-refractivity contribution is 5.85. The molecule has 0 aromatic rings. The van der Waals surface area contributed by atoms with Crippen LogP contribution >= 0.6 is 12.4 Å². The quantitative estimate of drug-likeness (QED) is 0.636. The molecular formula is C7H16ClNO. The van der Waals surface area contributed by atoms with Crippen molar-refractivity contribution in [2.24, 2.45) is 0 Å². The van der Waals surface area contributed by atoms with Crippen molar-refractivity contribution in [3.63, 3.8) is 0 Å². The van der Waals surface area contributed by atoms with Gasteiger partial charge in [-0.3, -0.25) is 0 Å². The van der Waals surface area contributed by atoms with Crippen LogP contribution in [0, 0.1) is 0 Å². The predicted octanol–water partition coefficient (Wildman–Crippen LogP) is 1.20. The van der Waals surface area contributed by atoms with E-state index in [2.05, 4.69) is 5.32 Å². The van der Waals surface area contributed by atoms with E-state index in [1.54, 1.807) is 0 Å². The van der Waals surface area contributed by atoms with Gasteiger partial charge in [-0.1, -0.05) is 0 Å². The summed E-state index contributed by atoms with van der Waals surface area (Å²) in [6, 6.07) is 0. The van der Waals surface area contributed by atoms with Gasteiger partial charge in [0, 0.05) is 11.2 Å². The van der Waals surface area contributed by atoms with E-state index in [9.17, 15) is 0 Å². The van der Waals surface area contributed by atoms with E-state index in [-0.39, 0.29) is 12.4 Å². The van der Waals surface area contributed by atoms with Crippen molar-refractivity contribution in [2.75, 3.05) is 20.2 Å². The van der Waals surface area contributed by atoms with Crippen LogP contribution in [-0.4, -0.2) is 25.8 Å². The topological polar surface area (TPSA) is 21.3 Å². The molecule has 0 atom stereocenters. The number of rotatable bonds is 1. The molecule has 0 spiro atoms. The van der Waals surface area contributed by atoms with Gasteiger partial charge in [-0.25, -0.2) is 0 Å². The molecular weight excluding hydrogens is 150 g/mol. The second-order valence-corrected chi connectivity index (χ2v) is 2.45. The first-order valence-electron chi connectivity index (χ1n) is 4.78. The Hall–Kier alpha value is 0.210. The molecule has 2 nitrogen and oxygen atoms in total. The molecule has 0 unspecified atom stereocenters. The Morgan fingerprint density at radius 1 is 1.50 bits per heavy atom. The van der Waals surface area contributed by atoms with Crippen molar-refractivity contribution in [1.82, 2.24) is 5.32 Å². The monoisotopic (exact) mass is 168 g/mol. The zero-order chi connectivity index (χ0) is 9.24. The maximum absolute atomic E-state index is 7.35. The molecule has 62 valence electrons. The summed E-state index contributed by atoms with van der Waals surface area (Å²) in [4.78, 5) is 0. The Morgan fingerprint density at radius 3 is 2.40 bits per heavy atom. The number of hydrogen-bond donors (Lipinski definition) is 1. The highest BCUT2D eigenvalue weighted by atomic mass is 35.5. The Balaban J connectivity index is 0.00000144. The Morgan fingerprint density at radius 2 is 2.10 bits per heavy atom. The zero-order valence-electron chi connectivity index (χ0n) is 9.14. The summed E-state index contributed by atoms with van der Waals surface area (Å²) in [5, 5.41) is 3.12. The van der Waals surface area contributed by atoms with Crippen LogP contribution in [-0.2, 0) is 4.74 Å². The van der Waals surface area contributed by atoms with E-state index >= 15 is 0 Å². The van der Waals surface area contributed by atoms with Gasteiger partial charge in [-0.15, -0.1) is 12.4 Å². The van der Waals surface area contributed by atoms with E-state index in [0.29, 0.717) is 12.8 Å². The van der Waals surface area contributed by atoms with E-state index in [0.717, 1.165) is 13.1 Å². The summed E-state index contributed by atoms with van der Waals surface area (Å²) in [6.07, 6.45) is 1.14. The summed E-state index contributed by atoms with van der Waals surface area (Å²) < 4.78 is 27.2. The van der Waals surface area contributed by atoms with Crippen LogP contribution in [0.3, 0.4) is 0 Å². The van der Waals surface area contributed by atoms with Crippen molar-refractivity contribution in [1.29, 1.82) is 0 Å². The molecule has 3 heteroatoms. The lowest BCUT2D eigenvalue weighted by Crippen LogP contribution is -2.40. The van der Waals surface area contributed by atoms with Crippen LogP contribution in [0.5, 0.6) is 0 Å². The molecule has 0 aromatic heterocycles. The van der Waals surface area contributed by atoms with Crippen LogP contribution in [0.2, 0.25) is 0 Å². The number of hydrogen-bond acceptors (Lipinski definition) is 2. The predicted molar refractivity (Wildman–Crippen MR) is 44.8 cm³/mol. The fourth-order valence-electron chi connectivity index (χ4n) is 1.03. The summed E-state index contributed by atoms with van der Waals surface area (Å²) in [7, 11) is 1.48. The molecule has 1 aliphatic rings. The van der Waals surface area contributed by atoms with Gasteiger partial charge in [-0.2, -0.15) is 0 Å². The highest BCUT2D eigenvalue weighted by Crippen LogP contribution is 2.20. The van der Waals surface area contributed by atoms with Crippen LogP contribution < -0.4 is 5.32 Å². The molecule has 0 aliphatic carbocycles. The summed E-state index contributed by atoms with van der Waals surface area (Å²) >= 11 is 0. The lowest BCUT2D eigenvalue weighted by molar-refractivity contribution is -0.0178. The standard InChI is InChI=1S/C7H15NO.ClH/c1-7(9-2)3-5-8-6-4-7;/h8H,3-6H2,1-2H3;1H/i1D3;. The van der Waals surface area contributed by atoms with Gasteiger partial charge in [0.15, 0.2) is 0 Å². The summed E-state index contributed by atoms with van der Waals surface area (Å²) in [5.74, 6) is 0. The third kappa shape index (κ3) is 2.45. The number of halogens is 1. The Labute approximate surface area is 73.0 Å². The molecule has 1 fully saturated rings. The lowest BCUT2D eigenvalue weighted by Gasteiger charge is -2.32. The number of methoxy groups -OCH3 is 1. The zero-order valence-corrected chi connectivity index (χ0v) is 6.96. The van der Waals surface area contributed by atoms with E-state index in [4.69, 9.17) is 8.85 Å².